The van der Waals surface area contributed by atoms with Crippen LogP contribution in [0.1, 0.15) is 0 Å². The standard InChI is InChI=1S/C16H12F5NS/c1-4-7-10(6-3)9-22(8-5-2)23-16-14(20)12(18)11(17)13(19)15(16)21/h2,4,6-7H,1,3,8-9H2/b10-7+. The lowest BCUT2D eigenvalue weighted by Gasteiger charge is -2.20. The zero-order chi connectivity index (χ0) is 17.6. The Morgan fingerprint density at radius 2 is 1.57 bits per heavy atom. The number of allylic oxidation sites excluding steroid dienone is 2. The molecule has 122 valence electrons. The van der Waals surface area contributed by atoms with E-state index in [9.17, 15) is 22.0 Å². The van der Waals surface area contributed by atoms with Crippen LogP contribution in [0.2, 0.25) is 0 Å². The van der Waals surface area contributed by atoms with Crippen molar-refractivity contribution < 1.29 is 22.0 Å². The normalized spacial score (nSPS) is 11.4. The van der Waals surface area contributed by atoms with Crippen molar-refractivity contribution in [2.75, 3.05) is 13.1 Å². The number of benzene rings is 1. The Morgan fingerprint density at radius 3 is 2.00 bits per heavy atom. The minimum Gasteiger partial charge on any atom is -0.230 e. The van der Waals surface area contributed by atoms with Crippen LogP contribution in [0, 0.1) is 41.4 Å². The van der Waals surface area contributed by atoms with Crippen molar-refractivity contribution in [3.8, 4) is 12.3 Å². The first-order chi connectivity index (χ1) is 10.9. The van der Waals surface area contributed by atoms with E-state index < -0.39 is 34.0 Å². The van der Waals surface area contributed by atoms with Crippen LogP contribution >= 0.6 is 11.9 Å². The summed E-state index contributed by atoms with van der Waals surface area (Å²) < 4.78 is 68.1. The zero-order valence-electron chi connectivity index (χ0n) is 11.9. The first-order valence-corrected chi connectivity index (χ1v) is 6.96. The molecule has 0 atom stereocenters. The van der Waals surface area contributed by atoms with Crippen molar-refractivity contribution in [2.45, 2.75) is 4.90 Å². The van der Waals surface area contributed by atoms with Gasteiger partial charge in [-0.3, -0.25) is 0 Å². The van der Waals surface area contributed by atoms with E-state index in [-0.39, 0.29) is 13.1 Å². The fourth-order valence-electron chi connectivity index (χ4n) is 1.56. The summed E-state index contributed by atoms with van der Waals surface area (Å²) in [5, 5.41) is 0. The van der Waals surface area contributed by atoms with Crippen LogP contribution in [0.25, 0.3) is 0 Å². The summed E-state index contributed by atoms with van der Waals surface area (Å²) in [6.07, 6.45) is 9.68. The third kappa shape index (κ3) is 4.47. The van der Waals surface area contributed by atoms with Crippen LogP contribution in [0.5, 0.6) is 0 Å². The maximum Gasteiger partial charge on any atom is 0.200 e. The second-order valence-corrected chi connectivity index (χ2v) is 5.28. The summed E-state index contributed by atoms with van der Waals surface area (Å²) >= 11 is 0.344. The summed E-state index contributed by atoms with van der Waals surface area (Å²) in [5.74, 6) is -7.76. The van der Waals surface area contributed by atoms with Crippen molar-refractivity contribution in [3.05, 3.63) is 66.0 Å². The molecule has 0 unspecified atom stereocenters. The highest BCUT2D eigenvalue weighted by Gasteiger charge is 2.27. The van der Waals surface area contributed by atoms with E-state index in [1.54, 1.807) is 6.08 Å². The smallest absolute Gasteiger partial charge is 0.200 e. The highest BCUT2D eigenvalue weighted by Crippen LogP contribution is 2.33. The Labute approximate surface area is 135 Å². The molecule has 0 amide bonds. The Balaban J connectivity index is 3.20. The molecule has 0 radical (unpaired) electrons. The van der Waals surface area contributed by atoms with Crippen LogP contribution < -0.4 is 0 Å². The lowest BCUT2D eigenvalue weighted by Crippen LogP contribution is -2.20. The highest BCUT2D eigenvalue weighted by molar-refractivity contribution is 7.97. The molecule has 0 heterocycles. The van der Waals surface area contributed by atoms with Crippen molar-refractivity contribution in [3.63, 3.8) is 0 Å². The largest absolute Gasteiger partial charge is 0.230 e. The molecule has 0 saturated heterocycles. The van der Waals surface area contributed by atoms with Crippen molar-refractivity contribution >= 4 is 11.9 Å². The molecule has 0 fully saturated rings. The number of halogens is 5. The molecular weight excluding hydrogens is 333 g/mol. The molecule has 1 rings (SSSR count). The number of nitrogens with zero attached hydrogens (tertiary/aromatic N) is 1. The Hall–Kier alpha value is -2.04. The van der Waals surface area contributed by atoms with Crippen molar-refractivity contribution in [2.24, 2.45) is 0 Å². The lowest BCUT2D eigenvalue weighted by molar-refractivity contribution is 0.359. The van der Waals surface area contributed by atoms with Gasteiger partial charge in [-0.05, 0) is 17.5 Å². The van der Waals surface area contributed by atoms with Crippen LogP contribution in [-0.2, 0) is 0 Å². The summed E-state index contributed by atoms with van der Waals surface area (Å²) in [5.41, 5.74) is 0.603. The van der Waals surface area contributed by atoms with Gasteiger partial charge in [0.25, 0.3) is 0 Å². The molecular formula is C16H12F5NS. The van der Waals surface area contributed by atoms with E-state index in [4.69, 9.17) is 6.42 Å². The van der Waals surface area contributed by atoms with E-state index >= 15 is 0 Å². The van der Waals surface area contributed by atoms with Crippen molar-refractivity contribution in [1.82, 2.24) is 4.31 Å². The minimum atomic E-state index is -2.20. The molecule has 1 aromatic carbocycles. The first-order valence-electron chi connectivity index (χ1n) is 6.19. The molecule has 23 heavy (non-hydrogen) atoms. The maximum atomic E-state index is 13.7. The molecule has 0 aromatic heterocycles. The molecule has 1 nitrogen and oxygen atoms in total. The fourth-order valence-corrected chi connectivity index (χ4v) is 2.51. The third-order valence-corrected chi connectivity index (χ3v) is 3.67. The number of rotatable bonds is 7. The summed E-state index contributed by atoms with van der Waals surface area (Å²) in [6, 6.07) is 0. The fraction of sp³-hybridized carbons (Fsp3) is 0.125. The molecule has 0 spiro atoms. The lowest BCUT2D eigenvalue weighted by atomic mass is 10.2. The monoisotopic (exact) mass is 345 g/mol. The van der Waals surface area contributed by atoms with Gasteiger partial charge in [0.2, 0.25) is 5.82 Å². The van der Waals surface area contributed by atoms with E-state index in [1.165, 1.54) is 16.5 Å². The predicted molar refractivity (Wildman–Crippen MR) is 81.0 cm³/mol. The average Bonchev–Trinajstić information content (AvgIpc) is 2.54. The van der Waals surface area contributed by atoms with Gasteiger partial charge in [-0.15, -0.1) is 6.42 Å². The quantitative estimate of drug-likeness (QED) is 0.177. The van der Waals surface area contributed by atoms with Gasteiger partial charge < -0.3 is 0 Å². The highest BCUT2D eigenvalue weighted by atomic mass is 32.2. The maximum absolute atomic E-state index is 13.7. The van der Waals surface area contributed by atoms with Gasteiger partial charge in [-0.2, -0.15) is 0 Å². The minimum absolute atomic E-state index is 0.0733. The van der Waals surface area contributed by atoms with E-state index in [2.05, 4.69) is 19.1 Å². The Bertz CT molecular complexity index is 662. The van der Waals surface area contributed by atoms with E-state index in [0.29, 0.717) is 17.5 Å². The molecule has 7 heteroatoms. The topological polar surface area (TPSA) is 3.24 Å². The third-order valence-electron chi connectivity index (χ3n) is 2.61. The number of hydrogen-bond donors (Lipinski definition) is 0. The Kier molecular flexibility index (Phi) is 7.07. The van der Waals surface area contributed by atoms with Gasteiger partial charge in [0.05, 0.1) is 6.54 Å². The molecule has 0 N–H and O–H groups in total. The SMILES string of the molecule is C#CCN(C/C(C=C)=C/C=C)Sc1c(F)c(F)c(F)c(F)c1F. The second kappa shape index (κ2) is 8.56. The van der Waals surface area contributed by atoms with Gasteiger partial charge in [-0.25, -0.2) is 26.3 Å². The molecule has 1 aromatic rings. The molecule has 0 aliphatic rings. The number of hydrogen-bond acceptors (Lipinski definition) is 2. The molecule has 0 saturated carbocycles. The van der Waals surface area contributed by atoms with Gasteiger partial charge in [-0.1, -0.05) is 37.3 Å². The first kappa shape index (κ1) is 19.0. The second-order valence-electron chi connectivity index (χ2n) is 4.17. The van der Waals surface area contributed by atoms with Crippen LogP contribution in [0.3, 0.4) is 0 Å². The van der Waals surface area contributed by atoms with Crippen LogP contribution in [0.15, 0.2) is 41.9 Å². The molecule has 0 aliphatic carbocycles. The number of terminal acetylenes is 1. The zero-order valence-corrected chi connectivity index (χ0v) is 12.7. The average molecular weight is 345 g/mol. The van der Waals surface area contributed by atoms with Crippen LogP contribution in [-0.4, -0.2) is 17.4 Å². The van der Waals surface area contributed by atoms with E-state index in [1.807, 2.05) is 0 Å². The summed E-state index contributed by atoms with van der Waals surface area (Å²) in [6.45, 7) is 7.03. The van der Waals surface area contributed by atoms with Crippen LogP contribution in [0.4, 0.5) is 22.0 Å². The molecule has 0 aliphatic heterocycles. The van der Waals surface area contributed by atoms with Gasteiger partial charge >= 0.3 is 0 Å². The summed E-state index contributed by atoms with van der Waals surface area (Å²) in [7, 11) is 0. The summed E-state index contributed by atoms with van der Waals surface area (Å²) in [4.78, 5) is -1.02. The van der Waals surface area contributed by atoms with E-state index in [0.717, 1.165) is 0 Å². The molecule has 0 bridgehead atoms. The Morgan fingerprint density at radius 1 is 1.04 bits per heavy atom. The van der Waals surface area contributed by atoms with Gasteiger partial charge in [0.15, 0.2) is 23.3 Å². The van der Waals surface area contributed by atoms with Crippen molar-refractivity contribution in [1.29, 1.82) is 0 Å². The predicted octanol–water partition coefficient (Wildman–Crippen LogP) is 4.62. The van der Waals surface area contributed by atoms with Gasteiger partial charge in [0.1, 0.15) is 4.90 Å². The van der Waals surface area contributed by atoms with Gasteiger partial charge in [0, 0.05) is 6.54 Å².